The Morgan fingerprint density at radius 2 is 1.45 bits per heavy atom. The summed E-state index contributed by atoms with van der Waals surface area (Å²) < 4.78 is 21.9. The van der Waals surface area contributed by atoms with Crippen LogP contribution < -0.4 is 0 Å². The van der Waals surface area contributed by atoms with Crippen LogP contribution >= 0.6 is 0 Å². The van der Waals surface area contributed by atoms with Crippen LogP contribution in [-0.4, -0.2) is 27.1 Å². The smallest absolute Gasteiger partial charge is 0.321 e. The summed E-state index contributed by atoms with van der Waals surface area (Å²) in [5.74, 6) is 1.33. The first-order valence-corrected chi connectivity index (χ1v) is 7.90. The Kier molecular flexibility index (Phi) is 13.9. The quantitative estimate of drug-likeness (QED) is 0.266. The van der Waals surface area contributed by atoms with Crippen LogP contribution in [0.3, 0.4) is 0 Å². The molecule has 0 aromatic heterocycles. The van der Waals surface area contributed by atoms with Crippen molar-refractivity contribution in [3.05, 3.63) is 11.7 Å². The van der Waals surface area contributed by atoms with Crippen molar-refractivity contribution in [1.29, 1.82) is 0 Å². The monoisotopic (exact) mass is 288 g/mol. The summed E-state index contributed by atoms with van der Waals surface area (Å²) >= 11 is 0. The number of unbranched alkanes of at least 4 members (excludes halogenated alkanes) is 3. The number of hydrogen-bond donors (Lipinski definition) is 0. The maximum Gasteiger partial charge on any atom is 0.321 e. The average molecular weight is 288 g/mol. The van der Waals surface area contributed by atoms with E-state index in [1.165, 1.54) is 19.3 Å². The Morgan fingerprint density at radius 3 is 2.05 bits per heavy atom. The van der Waals surface area contributed by atoms with Gasteiger partial charge in [0.25, 0.3) is 0 Å². The summed E-state index contributed by atoms with van der Waals surface area (Å²) in [4.78, 5) is 0. The van der Waals surface area contributed by atoms with Crippen molar-refractivity contribution in [2.75, 3.05) is 27.1 Å². The van der Waals surface area contributed by atoms with Crippen molar-refractivity contribution in [1.82, 2.24) is 0 Å². The first-order chi connectivity index (χ1) is 9.79. The molecule has 0 aromatic rings. The highest BCUT2D eigenvalue weighted by Crippen LogP contribution is 2.18. The second-order valence-corrected chi connectivity index (χ2v) is 4.77. The van der Waals surface area contributed by atoms with Gasteiger partial charge in [-0.2, -0.15) is 0 Å². The van der Waals surface area contributed by atoms with Gasteiger partial charge in [0.2, 0.25) is 0 Å². The number of ether oxygens (including phenoxy) is 4. The highest BCUT2D eigenvalue weighted by Gasteiger charge is 2.12. The molecular formula is C16H32O4. The fourth-order valence-corrected chi connectivity index (χ4v) is 1.68. The number of hydrogen-bond acceptors (Lipinski definition) is 4. The summed E-state index contributed by atoms with van der Waals surface area (Å²) in [5.41, 5.74) is 0. The van der Waals surface area contributed by atoms with Crippen molar-refractivity contribution in [3.8, 4) is 0 Å². The van der Waals surface area contributed by atoms with Crippen LogP contribution in [-0.2, 0) is 18.9 Å². The van der Waals surface area contributed by atoms with Gasteiger partial charge in [-0.3, -0.25) is 0 Å². The van der Waals surface area contributed by atoms with Crippen LogP contribution in [0.1, 0.15) is 65.7 Å². The topological polar surface area (TPSA) is 36.9 Å². The molecule has 0 heterocycles. The van der Waals surface area contributed by atoms with Gasteiger partial charge in [-0.15, -0.1) is 0 Å². The minimum atomic E-state index is 0.187. The SMILES string of the molecule is CCCCCCC(OCCC)=C(OCCC)OCOC. The summed E-state index contributed by atoms with van der Waals surface area (Å²) in [6, 6.07) is 0. The molecule has 0 N–H and O–H groups in total. The normalized spacial score (nSPS) is 12.0. The van der Waals surface area contributed by atoms with Crippen molar-refractivity contribution in [2.24, 2.45) is 0 Å². The molecular weight excluding hydrogens is 256 g/mol. The molecule has 4 heteroatoms. The lowest BCUT2D eigenvalue weighted by Crippen LogP contribution is -2.08. The zero-order valence-corrected chi connectivity index (χ0v) is 13.7. The van der Waals surface area contributed by atoms with Gasteiger partial charge in [0.15, 0.2) is 12.6 Å². The van der Waals surface area contributed by atoms with Crippen molar-refractivity contribution < 1.29 is 18.9 Å². The zero-order valence-electron chi connectivity index (χ0n) is 13.7. The number of rotatable bonds is 14. The average Bonchev–Trinajstić information content (AvgIpc) is 2.47. The van der Waals surface area contributed by atoms with Crippen LogP contribution in [0.4, 0.5) is 0 Å². The molecule has 0 aromatic carbocycles. The molecule has 0 bridgehead atoms. The third-order valence-electron chi connectivity index (χ3n) is 2.71. The van der Waals surface area contributed by atoms with E-state index in [0.29, 0.717) is 19.2 Å². The molecule has 20 heavy (non-hydrogen) atoms. The molecule has 4 nitrogen and oxygen atoms in total. The molecule has 0 amide bonds. The molecule has 0 atom stereocenters. The summed E-state index contributed by atoms with van der Waals surface area (Å²) in [6.45, 7) is 7.89. The fraction of sp³-hybridized carbons (Fsp3) is 0.875. The molecule has 120 valence electrons. The van der Waals surface area contributed by atoms with E-state index in [9.17, 15) is 0 Å². The summed E-state index contributed by atoms with van der Waals surface area (Å²) in [6.07, 6.45) is 7.58. The van der Waals surface area contributed by atoms with Gasteiger partial charge in [-0.25, -0.2) is 0 Å². The molecule has 0 spiro atoms. The Balaban J connectivity index is 4.56. The van der Waals surface area contributed by atoms with E-state index < -0.39 is 0 Å². The van der Waals surface area contributed by atoms with Crippen molar-refractivity contribution in [3.63, 3.8) is 0 Å². The molecule has 0 fully saturated rings. The number of methoxy groups -OCH3 is 1. The Labute approximate surface area is 124 Å². The second-order valence-electron chi connectivity index (χ2n) is 4.77. The van der Waals surface area contributed by atoms with Crippen LogP contribution in [0.5, 0.6) is 0 Å². The van der Waals surface area contributed by atoms with Crippen molar-refractivity contribution >= 4 is 0 Å². The maximum atomic E-state index is 5.80. The molecule has 0 radical (unpaired) electrons. The van der Waals surface area contributed by atoms with E-state index in [2.05, 4.69) is 20.8 Å². The third-order valence-corrected chi connectivity index (χ3v) is 2.71. The van der Waals surface area contributed by atoms with Crippen LogP contribution in [0.15, 0.2) is 11.7 Å². The predicted octanol–water partition coefficient (Wildman–Crippen LogP) is 4.60. The van der Waals surface area contributed by atoms with Crippen LogP contribution in [0, 0.1) is 0 Å². The standard InChI is InChI=1S/C16H32O4/c1-5-8-9-10-11-15(18-12-6-2)16(19-13-7-3)20-14-17-4/h5-14H2,1-4H3. The van der Waals surface area contributed by atoms with Gasteiger partial charge in [0.1, 0.15) is 0 Å². The van der Waals surface area contributed by atoms with Crippen LogP contribution in [0.2, 0.25) is 0 Å². The number of allylic oxidation sites excluding steroid dienone is 1. The van der Waals surface area contributed by atoms with E-state index in [-0.39, 0.29) is 6.79 Å². The van der Waals surface area contributed by atoms with Gasteiger partial charge in [0, 0.05) is 13.5 Å². The van der Waals surface area contributed by atoms with Crippen LogP contribution in [0.25, 0.3) is 0 Å². The minimum absolute atomic E-state index is 0.187. The van der Waals surface area contributed by atoms with Gasteiger partial charge in [0.05, 0.1) is 13.2 Å². The molecule has 0 aliphatic carbocycles. The Hall–Kier alpha value is -0.900. The van der Waals surface area contributed by atoms with Gasteiger partial charge < -0.3 is 18.9 Å². The Bertz CT molecular complexity index is 229. The largest absolute Gasteiger partial charge is 0.491 e. The molecule has 0 saturated carbocycles. The lowest BCUT2D eigenvalue weighted by Gasteiger charge is -2.17. The first kappa shape index (κ1) is 19.1. The molecule has 0 aliphatic heterocycles. The van der Waals surface area contributed by atoms with Gasteiger partial charge >= 0.3 is 5.95 Å². The van der Waals surface area contributed by atoms with Gasteiger partial charge in [-0.05, 0) is 19.3 Å². The second kappa shape index (κ2) is 14.5. The van der Waals surface area contributed by atoms with E-state index in [1.54, 1.807) is 7.11 Å². The van der Waals surface area contributed by atoms with E-state index in [4.69, 9.17) is 18.9 Å². The Morgan fingerprint density at radius 1 is 0.750 bits per heavy atom. The lowest BCUT2D eigenvalue weighted by atomic mass is 10.1. The summed E-state index contributed by atoms with van der Waals surface area (Å²) in [5, 5.41) is 0. The molecule has 0 saturated heterocycles. The lowest BCUT2D eigenvalue weighted by molar-refractivity contribution is -0.0685. The summed E-state index contributed by atoms with van der Waals surface area (Å²) in [7, 11) is 1.60. The first-order valence-electron chi connectivity index (χ1n) is 7.90. The van der Waals surface area contributed by atoms with Crippen molar-refractivity contribution in [2.45, 2.75) is 65.7 Å². The third kappa shape index (κ3) is 9.96. The highest BCUT2D eigenvalue weighted by molar-refractivity contribution is 4.95. The predicted molar refractivity (Wildman–Crippen MR) is 81.2 cm³/mol. The maximum absolute atomic E-state index is 5.80. The minimum Gasteiger partial charge on any atom is -0.491 e. The van der Waals surface area contributed by atoms with E-state index >= 15 is 0 Å². The van der Waals surface area contributed by atoms with E-state index in [1.807, 2.05) is 0 Å². The molecule has 0 aliphatic rings. The molecule has 0 unspecified atom stereocenters. The highest BCUT2D eigenvalue weighted by atomic mass is 16.7. The molecule has 0 rings (SSSR count). The van der Waals surface area contributed by atoms with E-state index in [0.717, 1.165) is 31.4 Å². The fourth-order valence-electron chi connectivity index (χ4n) is 1.68. The van der Waals surface area contributed by atoms with Gasteiger partial charge in [-0.1, -0.05) is 40.0 Å². The zero-order chi connectivity index (χ0) is 15.1.